The Balaban J connectivity index is 1.78. The molecule has 3 rings (SSSR count). The van der Waals surface area contributed by atoms with Crippen LogP contribution in [0.3, 0.4) is 0 Å². The summed E-state index contributed by atoms with van der Waals surface area (Å²) in [6.45, 7) is 5.24. The fourth-order valence-corrected chi connectivity index (χ4v) is 3.54. The molecular weight excluding hydrogens is 328 g/mol. The molecule has 2 heterocycles. The maximum Gasteiger partial charge on any atom is 0.247 e. The predicted octanol–water partition coefficient (Wildman–Crippen LogP) is 2.49. The highest BCUT2D eigenvalue weighted by molar-refractivity contribution is 5.95. The van der Waals surface area contributed by atoms with Crippen LogP contribution >= 0.6 is 0 Å². The van der Waals surface area contributed by atoms with Crippen LogP contribution in [0, 0.1) is 6.92 Å². The molecule has 1 aliphatic rings. The highest BCUT2D eigenvalue weighted by Crippen LogP contribution is 2.24. The van der Waals surface area contributed by atoms with E-state index in [0.717, 1.165) is 23.1 Å². The number of carbonyl (C=O) groups excluding carboxylic acids is 1. The zero-order valence-corrected chi connectivity index (χ0v) is 15.6. The second-order valence-corrected chi connectivity index (χ2v) is 6.84. The highest BCUT2D eigenvalue weighted by Gasteiger charge is 2.35. The molecule has 2 atom stereocenters. The molecule has 0 bridgehead atoms. The van der Waals surface area contributed by atoms with Gasteiger partial charge in [-0.3, -0.25) is 9.48 Å². The number of benzene rings is 1. The van der Waals surface area contributed by atoms with E-state index in [1.807, 2.05) is 36.2 Å². The lowest BCUT2D eigenvalue weighted by atomic mass is 10.0. The van der Waals surface area contributed by atoms with Crippen LogP contribution in [0.4, 0.5) is 5.82 Å². The number of rotatable bonds is 5. The van der Waals surface area contributed by atoms with Crippen molar-refractivity contribution in [1.29, 1.82) is 0 Å². The zero-order valence-electron chi connectivity index (χ0n) is 15.6. The molecule has 0 saturated carbocycles. The molecule has 138 valence electrons. The van der Waals surface area contributed by atoms with E-state index in [4.69, 9.17) is 10.5 Å². The van der Waals surface area contributed by atoms with Crippen LogP contribution in [0.5, 0.6) is 0 Å². The maximum atomic E-state index is 12.9. The highest BCUT2D eigenvalue weighted by atomic mass is 16.5. The second kappa shape index (κ2) is 7.74. The average molecular weight is 354 g/mol. The fraction of sp³-hybridized carbons (Fsp3) is 0.400. The molecule has 1 amide bonds. The van der Waals surface area contributed by atoms with Gasteiger partial charge >= 0.3 is 0 Å². The summed E-state index contributed by atoms with van der Waals surface area (Å²) < 4.78 is 7.29. The molecule has 1 saturated heterocycles. The van der Waals surface area contributed by atoms with Gasteiger partial charge < -0.3 is 15.4 Å². The van der Waals surface area contributed by atoms with Gasteiger partial charge in [0.1, 0.15) is 5.82 Å². The molecule has 0 spiro atoms. The summed E-state index contributed by atoms with van der Waals surface area (Å²) in [5, 5.41) is 4.24. The van der Waals surface area contributed by atoms with Gasteiger partial charge in [0.05, 0.1) is 18.7 Å². The Morgan fingerprint density at radius 2 is 2.15 bits per heavy atom. The van der Waals surface area contributed by atoms with Gasteiger partial charge in [0.15, 0.2) is 0 Å². The number of carbonyl (C=O) groups is 1. The van der Waals surface area contributed by atoms with Gasteiger partial charge in [0.2, 0.25) is 5.91 Å². The minimum Gasteiger partial charge on any atom is -0.382 e. The molecule has 1 aliphatic heterocycles. The van der Waals surface area contributed by atoms with Crippen LogP contribution in [0.15, 0.2) is 42.6 Å². The van der Waals surface area contributed by atoms with Gasteiger partial charge in [0.25, 0.3) is 0 Å². The lowest BCUT2D eigenvalue weighted by Gasteiger charge is -2.23. The minimum absolute atomic E-state index is 0.00966. The Hall–Kier alpha value is -2.60. The Kier molecular flexibility index (Phi) is 5.42. The third-order valence-electron chi connectivity index (χ3n) is 4.96. The Bertz CT molecular complexity index is 812. The quantitative estimate of drug-likeness (QED) is 0.837. The lowest BCUT2D eigenvalue weighted by Crippen LogP contribution is -2.37. The van der Waals surface area contributed by atoms with Crippen molar-refractivity contribution in [2.24, 2.45) is 0 Å². The Morgan fingerprint density at radius 3 is 2.81 bits per heavy atom. The third-order valence-corrected chi connectivity index (χ3v) is 4.96. The number of hydrogen-bond donors (Lipinski definition) is 1. The number of nitrogen functional groups attached to an aromatic ring is 1. The maximum absolute atomic E-state index is 12.9. The summed E-state index contributed by atoms with van der Waals surface area (Å²) >= 11 is 0. The van der Waals surface area contributed by atoms with Crippen molar-refractivity contribution < 1.29 is 9.53 Å². The monoisotopic (exact) mass is 354 g/mol. The van der Waals surface area contributed by atoms with Crippen molar-refractivity contribution in [3.8, 4) is 0 Å². The molecule has 1 fully saturated rings. The molecule has 26 heavy (non-hydrogen) atoms. The average Bonchev–Trinajstić information content (AvgIpc) is 3.21. The number of anilines is 1. The molecule has 0 radical (unpaired) electrons. The van der Waals surface area contributed by atoms with E-state index in [9.17, 15) is 4.79 Å². The van der Waals surface area contributed by atoms with E-state index in [1.54, 1.807) is 23.9 Å². The molecule has 6 heteroatoms. The number of aryl methyl sites for hydroxylation is 1. The molecular formula is C20H26N4O2. The van der Waals surface area contributed by atoms with E-state index < -0.39 is 0 Å². The number of amides is 1. The van der Waals surface area contributed by atoms with Crippen LogP contribution in [-0.2, 0) is 16.1 Å². The molecule has 1 aromatic heterocycles. The standard InChI is InChI=1S/C20H26N4O2/c1-14-6-4-5-7-18(14)15(2)10-20(25)24-13-17(26-3)11-16(24)12-23-9-8-19(21)22-23/h4-10,16-17H,11-13H2,1-3H3,(H2,21,22)/t16-,17-/m0/s1. The third kappa shape index (κ3) is 3.96. The SMILES string of the molecule is CO[C@H]1C[C@@H](Cn2ccc(N)n2)N(C(=O)C=C(C)c2ccccc2C)C1. The number of nitrogens with two attached hydrogens (primary N) is 1. The van der Waals surface area contributed by atoms with Gasteiger partial charge in [0, 0.05) is 25.9 Å². The van der Waals surface area contributed by atoms with Gasteiger partial charge in [-0.1, -0.05) is 24.3 Å². The minimum atomic E-state index is 0.00966. The normalized spacial score (nSPS) is 20.6. The largest absolute Gasteiger partial charge is 0.382 e. The zero-order chi connectivity index (χ0) is 18.7. The first-order chi connectivity index (χ1) is 12.5. The van der Waals surface area contributed by atoms with Gasteiger partial charge in [-0.25, -0.2) is 0 Å². The topological polar surface area (TPSA) is 73.4 Å². The van der Waals surface area contributed by atoms with E-state index in [-0.39, 0.29) is 18.1 Å². The van der Waals surface area contributed by atoms with Crippen molar-refractivity contribution >= 4 is 17.3 Å². The Morgan fingerprint density at radius 1 is 1.38 bits per heavy atom. The number of nitrogens with zero attached hydrogens (tertiary/aromatic N) is 3. The number of ether oxygens (including phenoxy) is 1. The fourth-order valence-electron chi connectivity index (χ4n) is 3.54. The van der Waals surface area contributed by atoms with E-state index in [2.05, 4.69) is 18.1 Å². The van der Waals surface area contributed by atoms with Crippen LogP contribution in [0.1, 0.15) is 24.5 Å². The summed E-state index contributed by atoms with van der Waals surface area (Å²) in [6, 6.07) is 9.89. The van der Waals surface area contributed by atoms with Gasteiger partial charge in [-0.05, 0) is 43.0 Å². The summed E-state index contributed by atoms with van der Waals surface area (Å²) in [6.07, 6.45) is 4.40. The summed E-state index contributed by atoms with van der Waals surface area (Å²) in [5.41, 5.74) is 8.93. The van der Waals surface area contributed by atoms with Crippen LogP contribution in [0.2, 0.25) is 0 Å². The first kappa shape index (κ1) is 18.2. The van der Waals surface area contributed by atoms with Gasteiger partial charge in [-0.2, -0.15) is 5.10 Å². The van der Waals surface area contributed by atoms with Crippen LogP contribution in [-0.4, -0.2) is 46.4 Å². The number of likely N-dealkylation sites (tertiary alicyclic amines) is 1. The summed E-state index contributed by atoms with van der Waals surface area (Å²) in [5.74, 6) is 0.495. The molecule has 1 aromatic carbocycles. The predicted molar refractivity (Wildman–Crippen MR) is 102 cm³/mol. The van der Waals surface area contributed by atoms with Crippen molar-refractivity contribution in [3.05, 3.63) is 53.7 Å². The molecule has 6 nitrogen and oxygen atoms in total. The van der Waals surface area contributed by atoms with Crippen LogP contribution < -0.4 is 5.73 Å². The second-order valence-electron chi connectivity index (χ2n) is 6.84. The summed E-state index contributed by atoms with van der Waals surface area (Å²) in [4.78, 5) is 14.8. The smallest absolute Gasteiger partial charge is 0.247 e. The molecule has 2 aromatic rings. The van der Waals surface area contributed by atoms with E-state index in [1.165, 1.54) is 0 Å². The van der Waals surface area contributed by atoms with Crippen molar-refractivity contribution in [2.75, 3.05) is 19.4 Å². The van der Waals surface area contributed by atoms with Crippen LogP contribution in [0.25, 0.3) is 5.57 Å². The lowest BCUT2D eigenvalue weighted by molar-refractivity contribution is -0.127. The van der Waals surface area contributed by atoms with Crippen molar-refractivity contribution in [3.63, 3.8) is 0 Å². The first-order valence-corrected chi connectivity index (χ1v) is 8.84. The first-order valence-electron chi connectivity index (χ1n) is 8.84. The van der Waals surface area contributed by atoms with Crippen molar-refractivity contribution in [2.45, 2.75) is 39.0 Å². The van der Waals surface area contributed by atoms with Gasteiger partial charge in [-0.15, -0.1) is 0 Å². The summed E-state index contributed by atoms with van der Waals surface area (Å²) in [7, 11) is 1.69. The molecule has 0 aliphatic carbocycles. The Labute approximate surface area is 154 Å². The number of allylic oxidation sites excluding steroid dienone is 1. The number of aromatic nitrogens is 2. The molecule has 2 N–H and O–H groups in total. The van der Waals surface area contributed by atoms with E-state index in [0.29, 0.717) is 18.9 Å². The molecule has 0 unspecified atom stereocenters. The number of hydrogen-bond acceptors (Lipinski definition) is 4. The van der Waals surface area contributed by atoms with E-state index >= 15 is 0 Å². The van der Waals surface area contributed by atoms with Crippen molar-refractivity contribution in [1.82, 2.24) is 14.7 Å². The number of methoxy groups -OCH3 is 1.